The standard InChI is InChI=1S/ClH.FH.H3N.H2O.H2S/h2*1H;1H3;2*1H2. The summed E-state index contributed by atoms with van der Waals surface area (Å²) in [6.45, 7) is 0. The lowest BCUT2D eigenvalue weighted by atomic mass is 14.0. The summed E-state index contributed by atoms with van der Waals surface area (Å²) in [5.41, 5.74) is 0. The maximum Gasteiger partial charge on any atom is -0.147 e. The van der Waals surface area contributed by atoms with Gasteiger partial charge in [-0.2, -0.15) is 13.5 Å². The molecule has 0 aliphatic rings. The molecule has 0 atom stereocenters. The molecule has 5 heteroatoms. The zero-order chi connectivity index (χ0) is 0. The van der Waals surface area contributed by atoms with E-state index in [-0.39, 0.29) is 42.2 Å². The van der Waals surface area contributed by atoms with Crippen molar-refractivity contribution in [3.8, 4) is 0 Å². The van der Waals surface area contributed by atoms with Crippen molar-refractivity contribution in [2.24, 2.45) is 0 Å². The van der Waals surface area contributed by atoms with Crippen molar-refractivity contribution in [1.82, 2.24) is 6.15 Å². The molecule has 0 heterocycles. The van der Waals surface area contributed by atoms with Crippen LogP contribution in [-0.4, -0.2) is 5.48 Å². The first-order valence-electron chi connectivity index (χ1n) is 0. The minimum atomic E-state index is 0. The monoisotopic (exact) mass is 125 g/mol. The molecule has 0 aliphatic carbocycles. The molecular formula is H9ClFNOS. The van der Waals surface area contributed by atoms with Crippen molar-refractivity contribution < 1.29 is 10.2 Å². The van der Waals surface area contributed by atoms with E-state index in [1.54, 1.807) is 0 Å². The fraction of sp³-hybridized carbons (Fsp3) is 0. The third-order valence-electron chi connectivity index (χ3n) is 0. The summed E-state index contributed by atoms with van der Waals surface area (Å²) in [6.07, 6.45) is 0. The first-order valence-corrected chi connectivity index (χ1v) is 0. The van der Waals surface area contributed by atoms with Crippen molar-refractivity contribution in [2.75, 3.05) is 0 Å². The SMILES string of the molecule is Cl.F.N.O.S. The molecule has 0 saturated heterocycles. The second kappa shape index (κ2) is 228. The Hall–Kier alpha value is 0.490. The Morgan fingerprint density at radius 1 is 1.00 bits per heavy atom. The molecule has 0 spiro atoms. The summed E-state index contributed by atoms with van der Waals surface area (Å²) in [5, 5.41) is 0. The Labute approximate surface area is 43.1 Å². The predicted octanol–water partition coefficient (Wildman–Crippen LogP) is 0.0244. The Morgan fingerprint density at radius 2 is 1.00 bits per heavy atom. The molecule has 0 aliphatic heterocycles. The third-order valence-corrected chi connectivity index (χ3v) is 0. The molecule has 0 bridgehead atoms. The van der Waals surface area contributed by atoms with Gasteiger partial charge in [0.15, 0.2) is 0 Å². The summed E-state index contributed by atoms with van der Waals surface area (Å²) < 4.78 is 0. The topological polar surface area (TPSA) is 66.5 Å². The van der Waals surface area contributed by atoms with E-state index in [4.69, 9.17) is 0 Å². The molecule has 0 saturated carbocycles. The summed E-state index contributed by atoms with van der Waals surface area (Å²) in [5.74, 6) is 0. The molecule has 0 rings (SSSR count). The van der Waals surface area contributed by atoms with Gasteiger partial charge in [0.2, 0.25) is 0 Å². The fourth-order valence-electron chi connectivity index (χ4n) is 0. The van der Waals surface area contributed by atoms with Crippen LogP contribution in [0.1, 0.15) is 0 Å². The van der Waals surface area contributed by atoms with Crippen LogP contribution in [0.15, 0.2) is 0 Å². The van der Waals surface area contributed by atoms with Gasteiger partial charge < -0.3 is 11.6 Å². The average Bonchev–Trinajstić information content (AvgIpc) is 0. The number of hydrogen-bond acceptors (Lipinski definition) is 1. The van der Waals surface area contributed by atoms with E-state index in [0.717, 1.165) is 0 Å². The van der Waals surface area contributed by atoms with E-state index in [2.05, 4.69) is 0 Å². The van der Waals surface area contributed by atoms with Crippen LogP contribution in [0, 0.1) is 0 Å². The molecule has 0 aromatic heterocycles. The third kappa shape index (κ3) is 116. The van der Waals surface area contributed by atoms with Crippen molar-refractivity contribution in [3.63, 3.8) is 0 Å². The van der Waals surface area contributed by atoms with Gasteiger partial charge in [-0.25, -0.2) is 0 Å². The lowest BCUT2D eigenvalue weighted by Gasteiger charge is -0.412. The number of rotatable bonds is 0. The quantitative estimate of drug-likeness (QED) is 0.488. The van der Waals surface area contributed by atoms with Crippen molar-refractivity contribution >= 4 is 25.9 Å². The van der Waals surface area contributed by atoms with Gasteiger partial charge in [0.25, 0.3) is 0 Å². The van der Waals surface area contributed by atoms with Crippen LogP contribution in [-0.2, 0) is 0 Å². The molecule has 0 aromatic carbocycles. The highest BCUT2D eigenvalue weighted by molar-refractivity contribution is 7.59. The van der Waals surface area contributed by atoms with E-state index in [1.807, 2.05) is 0 Å². The van der Waals surface area contributed by atoms with Gasteiger partial charge in [-0.3, -0.25) is 4.70 Å². The predicted molar refractivity (Wildman–Crippen MR) is 28.8 cm³/mol. The average molecular weight is 126 g/mol. The fourth-order valence-corrected chi connectivity index (χ4v) is 0. The number of halogens is 2. The second-order valence-electron chi connectivity index (χ2n) is 0. The maximum absolute atomic E-state index is 0. The summed E-state index contributed by atoms with van der Waals surface area (Å²) in [7, 11) is 0. The van der Waals surface area contributed by atoms with E-state index in [9.17, 15) is 0 Å². The van der Waals surface area contributed by atoms with Gasteiger partial charge >= 0.3 is 0 Å². The molecule has 5 N–H and O–H groups in total. The van der Waals surface area contributed by atoms with Crippen LogP contribution in [0.4, 0.5) is 4.70 Å². The van der Waals surface area contributed by atoms with Gasteiger partial charge in [0, 0.05) is 0 Å². The second-order valence-corrected chi connectivity index (χ2v) is 0. The van der Waals surface area contributed by atoms with Crippen LogP contribution in [0.5, 0.6) is 0 Å². The highest BCUT2D eigenvalue weighted by Crippen LogP contribution is 0.690. The highest BCUT2D eigenvalue weighted by atomic mass is 35.5. The molecule has 0 amide bonds. The Balaban J connectivity index is 0. The lowest BCUT2D eigenvalue weighted by molar-refractivity contribution is 0.824. The Morgan fingerprint density at radius 3 is 1.00 bits per heavy atom. The van der Waals surface area contributed by atoms with Gasteiger partial charge in [-0.1, -0.05) is 0 Å². The Bertz CT molecular complexity index is 11.6. The highest BCUT2D eigenvalue weighted by Gasteiger charge is -0.147. The van der Waals surface area contributed by atoms with Crippen LogP contribution in [0.2, 0.25) is 0 Å². The Kier molecular flexibility index (Phi) is 21000. The van der Waals surface area contributed by atoms with Crippen LogP contribution in [0.3, 0.4) is 0 Å². The normalized spacial score (nSPS) is 0. The zero-order valence-electron chi connectivity index (χ0n) is 2.52. The van der Waals surface area contributed by atoms with Gasteiger partial charge in [0.05, 0.1) is 0 Å². The van der Waals surface area contributed by atoms with Crippen LogP contribution in [0.25, 0.3) is 0 Å². The van der Waals surface area contributed by atoms with Gasteiger partial charge in [-0.05, 0) is 0 Å². The summed E-state index contributed by atoms with van der Waals surface area (Å²) in [6, 6.07) is 0. The van der Waals surface area contributed by atoms with Crippen molar-refractivity contribution in [2.45, 2.75) is 0 Å². The minimum Gasteiger partial charge on any atom is -0.412 e. The van der Waals surface area contributed by atoms with Crippen molar-refractivity contribution in [1.29, 1.82) is 0 Å². The molecule has 40 valence electrons. The molecule has 0 radical (unpaired) electrons. The largest absolute Gasteiger partial charge is 0.412 e. The first kappa shape index (κ1) is 461. The van der Waals surface area contributed by atoms with E-state index >= 15 is 0 Å². The molecule has 5 heavy (non-hydrogen) atoms. The molecule has 2 nitrogen and oxygen atoms in total. The summed E-state index contributed by atoms with van der Waals surface area (Å²) >= 11 is 0. The molecular weight excluding hydrogens is 117 g/mol. The lowest BCUT2D eigenvalue weighted by Crippen LogP contribution is -0.481. The van der Waals surface area contributed by atoms with Crippen LogP contribution >= 0.6 is 25.9 Å². The minimum absolute atomic E-state index is 0. The smallest absolute Gasteiger partial charge is 0.147 e. The van der Waals surface area contributed by atoms with E-state index in [1.165, 1.54) is 0 Å². The van der Waals surface area contributed by atoms with Crippen LogP contribution < -0.4 is 6.15 Å². The van der Waals surface area contributed by atoms with E-state index < -0.39 is 0 Å². The maximum atomic E-state index is 0. The summed E-state index contributed by atoms with van der Waals surface area (Å²) in [4.78, 5) is 0. The van der Waals surface area contributed by atoms with Crippen molar-refractivity contribution in [3.05, 3.63) is 0 Å². The number of hydrogen-bond donors (Lipinski definition) is 1. The van der Waals surface area contributed by atoms with E-state index in [0.29, 0.717) is 0 Å². The van der Waals surface area contributed by atoms with Gasteiger partial charge in [0.1, 0.15) is 0 Å². The first-order chi connectivity index (χ1) is 0. The zero-order valence-corrected chi connectivity index (χ0v) is 4.34. The molecule has 0 unspecified atom stereocenters. The van der Waals surface area contributed by atoms with Gasteiger partial charge in [-0.15, -0.1) is 12.4 Å². The molecule has 0 aromatic rings. The molecule has 0 fully saturated rings.